The van der Waals surface area contributed by atoms with E-state index in [1.807, 2.05) is 23.6 Å². The van der Waals surface area contributed by atoms with Crippen LogP contribution in [0, 0.1) is 11.3 Å². The quantitative estimate of drug-likeness (QED) is 0.568. The second-order valence-electron chi connectivity index (χ2n) is 4.68. The van der Waals surface area contributed by atoms with Crippen molar-refractivity contribution >= 4 is 44.9 Å². The molecule has 0 fully saturated rings. The van der Waals surface area contributed by atoms with Crippen LogP contribution in [-0.2, 0) is 11.2 Å². The van der Waals surface area contributed by atoms with Crippen LogP contribution in [-0.4, -0.2) is 21.6 Å². The standard InChI is InChI=1S/C16H12N4OS2/c17-7-5-11-1-3-12(4-2-11)20-14(21)9-23-16-15-13(6-8-22-15)18-10-19-16/h1-4,6,8,10H,5,9H2,(H,20,21). The van der Waals surface area contributed by atoms with E-state index in [0.717, 1.165) is 26.5 Å². The van der Waals surface area contributed by atoms with Gasteiger partial charge in [0.15, 0.2) is 0 Å². The summed E-state index contributed by atoms with van der Waals surface area (Å²) in [5.41, 5.74) is 2.56. The van der Waals surface area contributed by atoms with Gasteiger partial charge in [0.25, 0.3) is 0 Å². The number of thioether (sulfide) groups is 1. The van der Waals surface area contributed by atoms with Crippen molar-refractivity contribution in [3.8, 4) is 6.07 Å². The van der Waals surface area contributed by atoms with Crippen LogP contribution in [0.4, 0.5) is 5.69 Å². The first kappa shape index (κ1) is 15.5. The first-order chi connectivity index (χ1) is 11.3. The van der Waals surface area contributed by atoms with Gasteiger partial charge in [0.2, 0.25) is 5.91 Å². The lowest BCUT2D eigenvalue weighted by molar-refractivity contribution is -0.113. The number of fused-ring (bicyclic) bond motifs is 1. The first-order valence-electron chi connectivity index (χ1n) is 6.83. The number of aromatic nitrogens is 2. The Morgan fingerprint density at radius 2 is 2.09 bits per heavy atom. The van der Waals surface area contributed by atoms with Crippen molar-refractivity contribution in [2.45, 2.75) is 11.4 Å². The monoisotopic (exact) mass is 340 g/mol. The molecular formula is C16H12N4OS2. The molecule has 5 nitrogen and oxygen atoms in total. The topological polar surface area (TPSA) is 78.7 Å². The molecule has 2 heterocycles. The average molecular weight is 340 g/mol. The number of hydrogen-bond acceptors (Lipinski definition) is 6. The zero-order valence-corrected chi connectivity index (χ0v) is 13.7. The minimum absolute atomic E-state index is 0.0913. The molecule has 114 valence electrons. The molecule has 0 bridgehead atoms. The zero-order valence-electron chi connectivity index (χ0n) is 12.0. The number of carbonyl (C=O) groups excluding carboxylic acids is 1. The minimum Gasteiger partial charge on any atom is -0.325 e. The summed E-state index contributed by atoms with van der Waals surface area (Å²) in [7, 11) is 0. The van der Waals surface area contributed by atoms with E-state index in [-0.39, 0.29) is 11.7 Å². The van der Waals surface area contributed by atoms with E-state index in [1.165, 1.54) is 18.1 Å². The molecule has 0 aliphatic heterocycles. The molecule has 3 rings (SSSR count). The Hall–Kier alpha value is -2.43. The minimum atomic E-state index is -0.0913. The van der Waals surface area contributed by atoms with Gasteiger partial charge < -0.3 is 5.32 Å². The Bertz CT molecular complexity index is 868. The van der Waals surface area contributed by atoms with Crippen molar-refractivity contribution in [1.29, 1.82) is 5.26 Å². The van der Waals surface area contributed by atoms with Crippen molar-refractivity contribution < 1.29 is 4.79 Å². The number of rotatable bonds is 5. The average Bonchev–Trinajstić information content (AvgIpc) is 3.04. The highest BCUT2D eigenvalue weighted by Gasteiger charge is 2.09. The molecule has 3 aromatic rings. The Balaban J connectivity index is 1.59. The van der Waals surface area contributed by atoms with Gasteiger partial charge in [-0.25, -0.2) is 9.97 Å². The Morgan fingerprint density at radius 1 is 1.26 bits per heavy atom. The molecular weight excluding hydrogens is 328 g/mol. The van der Waals surface area contributed by atoms with Crippen molar-refractivity contribution in [2.75, 3.05) is 11.1 Å². The number of nitrogens with one attached hydrogen (secondary N) is 1. The van der Waals surface area contributed by atoms with Crippen molar-refractivity contribution in [1.82, 2.24) is 9.97 Å². The molecule has 0 aliphatic carbocycles. The first-order valence-corrected chi connectivity index (χ1v) is 8.69. The third-order valence-corrected chi connectivity index (χ3v) is 5.10. The van der Waals surface area contributed by atoms with Crippen LogP contribution in [0.15, 0.2) is 47.1 Å². The summed E-state index contributed by atoms with van der Waals surface area (Å²) in [6.07, 6.45) is 1.89. The van der Waals surface area contributed by atoms with E-state index >= 15 is 0 Å². The summed E-state index contributed by atoms with van der Waals surface area (Å²) in [6, 6.07) is 11.3. The van der Waals surface area contributed by atoms with Gasteiger partial charge in [0.1, 0.15) is 11.4 Å². The van der Waals surface area contributed by atoms with E-state index in [1.54, 1.807) is 23.5 Å². The summed E-state index contributed by atoms with van der Waals surface area (Å²) in [5, 5.41) is 14.3. The fraction of sp³-hybridized carbons (Fsp3) is 0.125. The second-order valence-corrected chi connectivity index (χ2v) is 6.56. The van der Waals surface area contributed by atoms with E-state index in [9.17, 15) is 4.79 Å². The number of anilines is 1. The second kappa shape index (κ2) is 7.22. The maximum atomic E-state index is 12.0. The largest absolute Gasteiger partial charge is 0.325 e. The fourth-order valence-corrected chi connectivity index (χ4v) is 3.74. The van der Waals surface area contributed by atoms with Gasteiger partial charge in [-0.2, -0.15) is 5.26 Å². The van der Waals surface area contributed by atoms with E-state index < -0.39 is 0 Å². The third-order valence-electron chi connectivity index (χ3n) is 3.07. The summed E-state index contributed by atoms with van der Waals surface area (Å²) >= 11 is 2.97. The fourth-order valence-electron chi connectivity index (χ4n) is 2.00. The van der Waals surface area contributed by atoms with Crippen LogP contribution < -0.4 is 5.32 Å². The van der Waals surface area contributed by atoms with E-state index in [2.05, 4.69) is 21.4 Å². The Morgan fingerprint density at radius 3 is 2.87 bits per heavy atom. The Labute approximate surface area is 141 Å². The van der Waals surface area contributed by atoms with Crippen LogP contribution in [0.3, 0.4) is 0 Å². The summed E-state index contributed by atoms with van der Waals surface area (Å²) in [5.74, 6) is 0.190. The number of carbonyl (C=O) groups is 1. The van der Waals surface area contributed by atoms with Crippen molar-refractivity contribution in [3.63, 3.8) is 0 Å². The number of benzene rings is 1. The van der Waals surface area contributed by atoms with Gasteiger partial charge in [-0.3, -0.25) is 4.79 Å². The van der Waals surface area contributed by atoms with Crippen LogP contribution >= 0.6 is 23.1 Å². The molecule has 0 aliphatic rings. The normalized spacial score (nSPS) is 10.4. The maximum absolute atomic E-state index is 12.0. The van der Waals surface area contributed by atoms with Crippen LogP contribution in [0.1, 0.15) is 5.56 Å². The molecule has 0 saturated carbocycles. The molecule has 0 saturated heterocycles. The molecule has 23 heavy (non-hydrogen) atoms. The molecule has 1 N–H and O–H groups in total. The molecule has 0 unspecified atom stereocenters. The molecule has 0 atom stereocenters. The van der Waals surface area contributed by atoms with Gasteiger partial charge in [0, 0.05) is 5.69 Å². The highest BCUT2D eigenvalue weighted by atomic mass is 32.2. The molecule has 0 spiro atoms. The highest BCUT2D eigenvalue weighted by molar-refractivity contribution is 8.00. The predicted molar refractivity (Wildman–Crippen MR) is 92.5 cm³/mol. The number of nitriles is 1. The molecule has 7 heteroatoms. The Kier molecular flexibility index (Phi) is 4.86. The van der Waals surface area contributed by atoms with Crippen LogP contribution in [0.2, 0.25) is 0 Å². The van der Waals surface area contributed by atoms with E-state index in [4.69, 9.17) is 5.26 Å². The SMILES string of the molecule is N#CCc1ccc(NC(=O)CSc2ncnc3ccsc23)cc1. The van der Waals surface area contributed by atoms with Crippen molar-refractivity contribution in [2.24, 2.45) is 0 Å². The van der Waals surface area contributed by atoms with E-state index in [0.29, 0.717) is 6.42 Å². The highest BCUT2D eigenvalue weighted by Crippen LogP contribution is 2.28. The molecule has 2 aromatic heterocycles. The number of nitrogens with zero attached hydrogens (tertiary/aromatic N) is 3. The smallest absolute Gasteiger partial charge is 0.234 e. The third kappa shape index (κ3) is 3.86. The molecule has 1 aromatic carbocycles. The number of amides is 1. The summed E-state index contributed by atoms with van der Waals surface area (Å²) in [6.45, 7) is 0. The van der Waals surface area contributed by atoms with Crippen molar-refractivity contribution in [3.05, 3.63) is 47.6 Å². The van der Waals surface area contributed by atoms with Gasteiger partial charge in [0.05, 0.1) is 28.5 Å². The zero-order chi connectivity index (χ0) is 16.1. The lowest BCUT2D eigenvalue weighted by Gasteiger charge is -2.06. The maximum Gasteiger partial charge on any atom is 0.234 e. The molecule has 0 radical (unpaired) electrons. The van der Waals surface area contributed by atoms with Gasteiger partial charge in [-0.1, -0.05) is 23.9 Å². The lowest BCUT2D eigenvalue weighted by Crippen LogP contribution is -2.14. The summed E-state index contributed by atoms with van der Waals surface area (Å²) in [4.78, 5) is 20.5. The van der Waals surface area contributed by atoms with Gasteiger partial charge in [-0.05, 0) is 29.1 Å². The van der Waals surface area contributed by atoms with Crippen LogP contribution in [0.25, 0.3) is 10.2 Å². The predicted octanol–water partition coefficient (Wildman–Crippen LogP) is 3.49. The number of hydrogen-bond donors (Lipinski definition) is 1. The van der Waals surface area contributed by atoms with Crippen LogP contribution in [0.5, 0.6) is 0 Å². The summed E-state index contributed by atoms with van der Waals surface area (Å²) < 4.78 is 1.01. The number of thiophene rings is 1. The van der Waals surface area contributed by atoms with Gasteiger partial charge in [-0.15, -0.1) is 11.3 Å². The molecule has 1 amide bonds. The lowest BCUT2D eigenvalue weighted by atomic mass is 10.1. The van der Waals surface area contributed by atoms with Gasteiger partial charge >= 0.3 is 0 Å².